The summed E-state index contributed by atoms with van der Waals surface area (Å²) < 4.78 is 4.84. The number of fused-ring (bicyclic) bond motifs is 2. The van der Waals surface area contributed by atoms with Crippen LogP contribution < -0.4 is 4.74 Å². The summed E-state index contributed by atoms with van der Waals surface area (Å²) in [6.45, 7) is 0. The van der Waals surface area contributed by atoms with Crippen LogP contribution in [-0.2, 0) is 0 Å². The molecule has 0 amide bonds. The van der Waals surface area contributed by atoms with Crippen molar-refractivity contribution in [1.82, 2.24) is 0 Å². The molecule has 10 nitrogen and oxygen atoms in total. The van der Waals surface area contributed by atoms with Crippen molar-refractivity contribution < 1.29 is 29.3 Å². The number of nitro benzene ring substituents is 2. The molecular formula is C15H7BrN2O8. The molecule has 1 aliphatic carbocycles. The van der Waals surface area contributed by atoms with Crippen LogP contribution in [-0.4, -0.2) is 33.6 Å². The first kappa shape index (κ1) is 17.5. The third kappa shape index (κ3) is 2.24. The van der Waals surface area contributed by atoms with E-state index in [-0.39, 0.29) is 10.2 Å². The molecule has 0 aromatic heterocycles. The highest BCUT2D eigenvalue weighted by atomic mass is 79.9. The lowest BCUT2D eigenvalue weighted by molar-refractivity contribution is -0.385. The topological polar surface area (TPSA) is 150 Å². The summed E-state index contributed by atoms with van der Waals surface area (Å²) in [6, 6.07) is 2.96. The molecule has 0 saturated carbocycles. The molecule has 1 aliphatic rings. The van der Waals surface area contributed by atoms with E-state index in [9.17, 15) is 34.9 Å². The predicted octanol–water partition coefficient (Wildman–Crippen LogP) is 2.76. The predicted molar refractivity (Wildman–Crippen MR) is 89.0 cm³/mol. The van der Waals surface area contributed by atoms with Gasteiger partial charge in [-0.05, 0) is 22.0 Å². The molecule has 1 N–H and O–H groups in total. The molecular weight excluding hydrogens is 416 g/mol. The first-order valence-corrected chi connectivity index (χ1v) is 7.64. The average molecular weight is 423 g/mol. The molecule has 0 atom stereocenters. The number of nitro groups is 2. The molecule has 2 aromatic carbocycles. The van der Waals surface area contributed by atoms with E-state index in [1.54, 1.807) is 0 Å². The molecule has 0 bridgehead atoms. The standard InChI is InChI=1S/C15H7BrN2O8/c1-26-8-3-2-6(17(22)23)9-11(8)15(21)12-10(14(9)20)7(18(24)25)4-5(16)13(12)19/h2-4,19H,1H3. The minimum atomic E-state index is -1.12. The lowest BCUT2D eigenvalue weighted by Crippen LogP contribution is -2.24. The lowest BCUT2D eigenvalue weighted by atomic mass is 9.81. The number of halogens is 1. The Hall–Kier alpha value is -3.34. The van der Waals surface area contributed by atoms with Crippen LogP contribution in [0.15, 0.2) is 22.7 Å². The monoisotopic (exact) mass is 422 g/mol. The van der Waals surface area contributed by atoms with Crippen LogP contribution in [0.4, 0.5) is 11.4 Å². The summed E-state index contributed by atoms with van der Waals surface area (Å²) in [4.78, 5) is 46.6. The summed E-state index contributed by atoms with van der Waals surface area (Å²) in [7, 11) is 1.19. The van der Waals surface area contributed by atoms with Gasteiger partial charge in [-0.2, -0.15) is 0 Å². The quantitative estimate of drug-likeness (QED) is 0.499. The molecule has 26 heavy (non-hydrogen) atoms. The Bertz CT molecular complexity index is 1050. The lowest BCUT2D eigenvalue weighted by Gasteiger charge is -2.20. The normalized spacial score (nSPS) is 12.4. The number of phenols is 1. The Morgan fingerprint density at radius 3 is 2.04 bits per heavy atom. The van der Waals surface area contributed by atoms with E-state index >= 15 is 0 Å². The van der Waals surface area contributed by atoms with Crippen LogP contribution >= 0.6 is 15.9 Å². The smallest absolute Gasteiger partial charge is 0.282 e. The molecule has 0 spiro atoms. The maximum atomic E-state index is 12.9. The van der Waals surface area contributed by atoms with Gasteiger partial charge in [0.25, 0.3) is 11.4 Å². The van der Waals surface area contributed by atoms with E-state index in [1.165, 1.54) is 7.11 Å². The van der Waals surface area contributed by atoms with Crippen LogP contribution in [0.25, 0.3) is 0 Å². The fraction of sp³-hybridized carbons (Fsp3) is 0.0667. The zero-order valence-corrected chi connectivity index (χ0v) is 14.4. The number of carbonyl (C=O) groups excluding carboxylic acids is 2. The zero-order valence-electron chi connectivity index (χ0n) is 12.8. The summed E-state index contributed by atoms with van der Waals surface area (Å²) in [6.07, 6.45) is 0. The van der Waals surface area contributed by atoms with Crippen molar-refractivity contribution >= 4 is 38.9 Å². The number of rotatable bonds is 3. The molecule has 0 aliphatic heterocycles. The number of hydrogen-bond acceptors (Lipinski definition) is 8. The largest absolute Gasteiger partial charge is 0.506 e. The summed E-state index contributed by atoms with van der Waals surface area (Å²) >= 11 is 2.90. The van der Waals surface area contributed by atoms with Crippen LogP contribution in [0.5, 0.6) is 11.5 Å². The number of carbonyl (C=O) groups is 2. The number of phenolic OH excluding ortho intramolecular Hbond substituents is 1. The van der Waals surface area contributed by atoms with Gasteiger partial charge in [0, 0.05) is 12.1 Å². The minimum absolute atomic E-state index is 0.128. The molecule has 0 unspecified atom stereocenters. The first-order chi connectivity index (χ1) is 12.2. The molecule has 0 radical (unpaired) electrons. The Labute approximate surface area is 152 Å². The van der Waals surface area contributed by atoms with E-state index in [0.29, 0.717) is 0 Å². The Morgan fingerprint density at radius 1 is 0.962 bits per heavy atom. The van der Waals surface area contributed by atoms with Gasteiger partial charge in [0.1, 0.15) is 22.6 Å². The van der Waals surface area contributed by atoms with Crippen molar-refractivity contribution in [3.05, 3.63) is 65.2 Å². The number of aromatic hydroxyl groups is 1. The van der Waals surface area contributed by atoms with Gasteiger partial charge >= 0.3 is 0 Å². The van der Waals surface area contributed by atoms with E-state index < -0.39 is 60.8 Å². The molecule has 3 rings (SSSR count). The van der Waals surface area contributed by atoms with E-state index in [0.717, 1.165) is 18.2 Å². The first-order valence-electron chi connectivity index (χ1n) is 6.85. The fourth-order valence-corrected chi connectivity index (χ4v) is 3.24. The van der Waals surface area contributed by atoms with Crippen molar-refractivity contribution in [3.8, 4) is 11.5 Å². The number of nitrogens with zero attached hydrogens (tertiary/aromatic N) is 2. The number of methoxy groups -OCH3 is 1. The Morgan fingerprint density at radius 2 is 1.50 bits per heavy atom. The second-order valence-electron chi connectivity index (χ2n) is 5.19. The third-order valence-corrected chi connectivity index (χ3v) is 4.50. The van der Waals surface area contributed by atoms with Gasteiger partial charge in [0.05, 0.1) is 32.6 Å². The van der Waals surface area contributed by atoms with Crippen LogP contribution in [0.3, 0.4) is 0 Å². The van der Waals surface area contributed by atoms with Crippen molar-refractivity contribution in [2.75, 3.05) is 7.11 Å². The molecule has 132 valence electrons. The Balaban J connectivity index is 2.51. The highest BCUT2D eigenvalue weighted by molar-refractivity contribution is 9.10. The van der Waals surface area contributed by atoms with Crippen molar-refractivity contribution in [2.45, 2.75) is 0 Å². The highest BCUT2D eigenvalue weighted by Crippen LogP contribution is 2.46. The number of ketones is 2. The maximum absolute atomic E-state index is 12.9. The van der Waals surface area contributed by atoms with Gasteiger partial charge in [0.2, 0.25) is 11.6 Å². The SMILES string of the molecule is COc1ccc([N+](=O)[O-])c2c1C(=O)c1c(O)c(Br)cc([N+](=O)[O-])c1C2=O. The van der Waals surface area contributed by atoms with Crippen LogP contribution in [0.2, 0.25) is 0 Å². The number of ether oxygens (including phenoxy) is 1. The summed E-state index contributed by atoms with van der Waals surface area (Å²) in [5.74, 6) is -2.91. The number of benzene rings is 2. The number of hydrogen-bond donors (Lipinski definition) is 1. The summed E-state index contributed by atoms with van der Waals surface area (Å²) in [5.41, 5.74) is -3.81. The van der Waals surface area contributed by atoms with Gasteiger partial charge in [-0.1, -0.05) is 0 Å². The maximum Gasteiger partial charge on any atom is 0.282 e. The average Bonchev–Trinajstić information content (AvgIpc) is 2.59. The van der Waals surface area contributed by atoms with Crippen molar-refractivity contribution in [3.63, 3.8) is 0 Å². The second-order valence-corrected chi connectivity index (χ2v) is 6.04. The van der Waals surface area contributed by atoms with E-state index in [4.69, 9.17) is 4.74 Å². The van der Waals surface area contributed by atoms with Crippen LogP contribution in [0.1, 0.15) is 31.8 Å². The molecule has 0 fully saturated rings. The Kier molecular flexibility index (Phi) is 3.95. The minimum Gasteiger partial charge on any atom is -0.506 e. The van der Waals surface area contributed by atoms with Gasteiger partial charge in [-0.3, -0.25) is 29.8 Å². The van der Waals surface area contributed by atoms with Gasteiger partial charge in [0.15, 0.2) is 0 Å². The third-order valence-electron chi connectivity index (χ3n) is 3.90. The van der Waals surface area contributed by atoms with Gasteiger partial charge in [-0.25, -0.2) is 0 Å². The molecule has 2 aromatic rings. The summed E-state index contributed by atoms with van der Waals surface area (Å²) in [5, 5.41) is 32.8. The van der Waals surface area contributed by atoms with Gasteiger partial charge < -0.3 is 9.84 Å². The van der Waals surface area contributed by atoms with Gasteiger partial charge in [-0.15, -0.1) is 0 Å². The zero-order chi connectivity index (χ0) is 19.3. The molecule has 0 saturated heterocycles. The second kappa shape index (κ2) is 5.88. The molecule has 11 heteroatoms. The van der Waals surface area contributed by atoms with E-state index in [1.807, 2.05) is 0 Å². The van der Waals surface area contributed by atoms with Crippen molar-refractivity contribution in [1.29, 1.82) is 0 Å². The fourth-order valence-electron chi connectivity index (χ4n) is 2.82. The highest BCUT2D eigenvalue weighted by Gasteiger charge is 2.44. The van der Waals surface area contributed by atoms with E-state index in [2.05, 4.69) is 15.9 Å². The van der Waals surface area contributed by atoms with Crippen molar-refractivity contribution in [2.24, 2.45) is 0 Å². The molecule has 0 heterocycles. The van der Waals surface area contributed by atoms with Crippen LogP contribution in [0, 0.1) is 20.2 Å².